The van der Waals surface area contributed by atoms with E-state index in [1.165, 1.54) is 103 Å². The first-order valence-electron chi connectivity index (χ1n) is 26.6. The predicted octanol–water partition coefficient (Wildman–Crippen LogP) is 14.3. The Morgan fingerprint density at radius 3 is 1.24 bits per heavy atom. The lowest BCUT2D eigenvalue weighted by molar-refractivity contribution is -0.889. The van der Waals surface area contributed by atoms with Gasteiger partial charge in [0.1, 0.15) is 12.6 Å². The summed E-state index contributed by atoms with van der Waals surface area (Å²) >= 11 is 0. The van der Waals surface area contributed by atoms with Gasteiger partial charge in [0.2, 0.25) is 0 Å². The zero-order chi connectivity index (χ0) is 48.4. The van der Waals surface area contributed by atoms with Gasteiger partial charge in [-0.1, -0.05) is 214 Å². The zero-order valence-corrected chi connectivity index (χ0v) is 43.1. The minimum atomic E-state index is -1.13. The van der Waals surface area contributed by atoms with E-state index in [9.17, 15) is 19.5 Å². The number of esters is 2. The maximum absolute atomic E-state index is 12.8. The van der Waals surface area contributed by atoms with Crippen LogP contribution in [0.4, 0.5) is 0 Å². The highest BCUT2D eigenvalue weighted by atomic mass is 16.6. The molecule has 0 aromatic rings. The fourth-order valence-corrected chi connectivity index (χ4v) is 7.47. The van der Waals surface area contributed by atoms with Gasteiger partial charge in [-0.3, -0.25) is 9.59 Å². The molecule has 0 fully saturated rings. The number of rotatable bonds is 47. The molecule has 0 spiro atoms. The van der Waals surface area contributed by atoms with E-state index in [0.29, 0.717) is 12.8 Å². The van der Waals surface area contributed by atoms with Crippen molar-refractivity contribution < 1.29 is 38.2 Å². The lowest BCUT2D eigenvalue weighted by atomic mass is 10.0. The van der Waals surface area contributed by atoms with Crippen LogP contribution in [0.25, 0.3) is 0 Å². The minimum absolute atomic E-state index is 0.0203. The van der Waals surface area contributed by atoms with Crippen LogP contribution in [0.15, 0.2) is 85.1 Å². The molecule has 0 N–H and O–H groups in total. The van der Waals surface area contributed by atoms with Gasteiger partial charge in [0, 0.05) is 19.3 Å². The number of carboxylic acid groups (broad SMARTS) is 1. The van der Waals surface area contributed by atoms with Crippen molar-refractivity contribution >= 4 is 17.9 Å². The molecule has 8 heteroatoms. The van der Waals surface area contributed by atoms with E-state index in [2.05, 4.69) is 98.9 Å². The molecule has 0 aromatic heterocycles. The third-order valence-corrected chi connectivity index (χ3v) is 11.5. The Labute approximate surface area is 405 Å². The molecule has 0 bridgehead atoms. The standard InChI is InChI=1S/C58H99NO7/c1-6-8-10-12-14-16-18-20-22-24-26-27-28-29-31-32-34-36-38-40-42-44-46-48-56(60)65-53-54(52-64-51-50-55(58(62)63)59(3,4)5)66-57(61)49-47-45-43-41-39-37-35-33-30-25-23-21-19-17-15-13-11-9-7-2/h8,10,14,16,20,22,26-27,29,31,34,36,40,42,54-55H,6-7,9,11-13,15,17-19,21,23-25,28,30,32-33,35,37-39,41,43-53H2,1-5H3/b10-8+,16-14+,22-20+,27-26+,31-29+,36-34+,42-40+. The second kappa shape index (κ2) is 48.0. The predicted molar refractivity (Wildman–Crippen MR) is 277 cm³/mol. The van der Waals surface area contributed by atoms with Gasteiger partial charge >= 0.3 is 11.9 Å². The molecule has 0 aliphatic heterocycles. The fraction of sp³-hybridized carbons (Fsp3) is 0.707. The summed E-state index contributed by atoms with van der Waals surface area (Å²) in [5.41, 5.74) is 0. The number of nitrogens with zero attached hydrogens (tertiary/aromatic N) is 1. The molecule has 0 aliphatic rings. The lowest BCUT2D eigenvalue weighted by Crippen LogP contribution is -2.55. The second-order valence-corrected chi connectivity index (χ2v) is 18.7. The summed E-state index contributed by atoms with van der Waals surface area (Å²) in [4.78, 5) is 37.1. The molecular formula is C58H99NO7. The van der Waals surface area contributed by atoms with E-state index in [0.717, 1.165) is 70.6 Å². The molecule has 66 heavy (non-hydrogen) atoms. The van der Waals surface area contributed by atoms with Crippen LogP contribution in [0.1, 0.15) is 213 Å². The second-order valence-electron chi connectivity index (χ2n) is 18.7. The SMILES string of the molecule is CC/C=C/C/C=C/C/C=C/C/C=C/C/C=C/C/C=C/C/C=C/CCCC(=O)OCC(COCCC(C(=O)[O-])[N+](C)(C)C)OC(=O)CCCCCCCCCCCCCCCCCCCCC. The number of hydrogen-bond acceptors (Lipinski definition) is 7. The molecule has 0 heterocycles. The third-order valence-electron chi connectivity index (χ3n) is 11.5. The number of ether oxygens (including phenoxy) is 3. The van der Waals surface area contributed by atoms with Crippen LogP contribution in [0, 0.1) is 0 Å². The van der Waals surface area contributed by atoms with Gasteiger partial charge in [-0.05, 0) is 64.2 Å². The Bertz CT molecular complexity index is 1350. The summed E-state index contributed by atoms with van der Waals surface area (Å²) in [7, 11) is 5.40. The number of likely N-dealkylation sites (N-methyl/N-ethyl adjacent to an activating group) is 1. The molecule has 378 valence electrons. The highest BCUT2D eigenvalue weighted by molar-refractivity contribution is 5.70. The maximum Gasteiger partial charge on any atom is 0.306 e. The number of carbonyl (C=O) groups is 3. The van der Waals surface area contributed by atoms with Crippen LogP contribution in [0.2, 0.25) is 0 Å². The van der Waals surface area contributed by atoms with Crippen molar-refractivity contribution in [1.82, 2.24) is 0 Å². The first-order valence-corrected chi connectivity index (χ1v) is 26.6. The highest BCUT2D eigenvalue weighted by Crippen LogP contribution is 2.16. The number of allylic oxidation sites excluding steroid dienone is 14. The summed E-state index contributed by atoms with van der Waals surface area (Å²) in [5, 5.41) is 11.7. The van der Waals surface area contributed by atoms with Gasteiger partial charge in [0.25, 0.3) is 0 Å². The topological polar surface area (TPSA) is 102 Å². The Hall–Kier alpha value is -3.49. The summed E-state index contributed by atoms with van der Waals surface area (Å²) in [6.45, 7) is 4.51. The van der Waals surface area contributed by atoms with E-state index in [1.807, 2.05) is 0 Å². The number of unbranched alkanes of at least 4 members (excludes halogenated alkanes) is 19. The summed E-state index contributed by atoms with van der Waals surface area (Å²) in [5.74, 6) is -1.81. The first kappa shape index (κ1) is 62.5. The van der Waals surface area contributed by atoms with Gasteiger partial charge in [-0.25, -0.2) is 0 Å². The third kappa shape index (κ3) is 45.7. The van der Waals surface area contributed by atoms with Gasteiger partial charge in [-0.15, -0.1) is 0 Å². The van der Waals surface area contributed by atoms with E-state index < -0.39 is 18.1 Å². The molecule has 0 saturated carbocycles. The normalized spacial score (nSPS) is 13.5. The minimum Gasteiger partial charge on any atom is -0.544 e. The Morgan fingerprint density at radius 1 is 0.470 bits per heavy atom. The molecule has 0 amide bonds. The smallest absolute Gasteiger partial charge is 0.306 e. The van der Waals surface area contributed by atoms with Crippen LogP contribution in [0.3, 0.4) is 0 Å². The summed E-state index contributed by atoms with van der Waals surface area (Å²) in [6.07, 6.45) is 63.4. The lowest BCUT2D eigenvalue weighted by Gasteiger charge is -2.34. The molecular weight excluding hydrogens is 823 g/mol. The van der Waals surface area contributed by atoms with Gasteiger partial charge in [-0.2, -0.15) is 0 Å². The number of quaternary nitrogens is 1. The quantitative estimate of drug-likeness (QED) is 0.0259. The van der Waals surface area contributed by atoms with Crippen molar-refractivity contribution in [2.75, 3.05) is 41.0 Å². The van der Waals surface area contributed by atoms with E-state index in [4.69, 9.17) is 14.2 Å². The van der Waals surface area contributed by atoms with Crippen molar-refractivity contribution in [2.45, 2.75) is 225 Å². The Kier molecular flexibility index (Phi) is 45.4. The van der Waals surface area contributed by atoms with Crippen molar-refractivity contribution in [3.8, 4) is 0 Å². The van der Waals surface area contributed by atoms with Gasteiger partial charge < -0.3 is 28.6 Å². The molecule has 2 atom stereocenters. The molecule has 0 radical (unpaired) electrons. The monoisotopic (exact) mass is 922 g/mol. The zero-order valence-electron chi connectivity index (χ0n) is 43.1. The van der Waals surface area contributed by atoms with Gasteiger partial charge in [0.15, 0.2) is 6.10 Å². The molecule has 8 nitrogen and oxygen atoms in total. The van der Waals surface area contributed by atoms with Crippen molar-refractivity contribution in [1.29, 1.82) is 0 Å². The van der Waals surface area contributed by atoms with Crippen molar-refractivity contribution in [3.05, 3.63) is 85.1 Å². The maximum atomic E-state index is 12.8. The molecule has 0 aliphatic carbocycles. The van der Waals surface area contributed by atoms with Crippen molar-refractivity contribution in [3.63, 3.8) is 0 Å². The van der Waals surface area contributed by atoms with Crippen molar-refractivity contribution in [2.24, 2.45) is 0 Å². The van der Waals surface area contributed by atoms with Crippen LogP contribution < -0.4 is 5.11 Å². The van der Waals surface area contributed by atoms with E-state index in [1.54, 1.807) is 21.1 Å². The molecule has 0 rings (SSSR count). The van der Waals surface area contributed by atoms with Crippen LogP contribution in [0.5, 0.6) is 0 Å². The average molecular weight is 922 g/mol. The first-order chi connectivity index (χ1) is 32.1. The highest BCUT2D eigenvalue weighted by Gasteiger charge is 2.25. The molecule has 0 saturated heterocycles. The van der Waals surface area contributed by atoms with Crippen LogP contribution in [-0.2, 0) is 28.6 Å². The number of hydrogen-bond donors (Lipinski definition) is 0. The van der Waals surface area contributed by atoms with E-state index >= 15 is 0 Å². The van der Waals surface area contributed by atoms with E-state index in [-0.39, 0.29) is 49.1 Å². The number of aliphatic carboxylic acids is 1. The number of carboxylic acids is 1. The summed E-state index contributed by atoms with van der Waals surface area (Å²) in [6, 6.07) is -0.738. The van der Waals surface area contributed by atoms with Crippen LogP contribution >= 0.6 is 0 Å². The average Bonchev–Trinajstić information content (AvgIpc) is 3.28. The molecule has 2 unspecified atom stereocenters. The Morgan fingerprint density at radius 2 is 0.848 bits per heavy atom. The van der Waals surface area contributed by atoms with Gasteiger partial charge in [0.05, 0.1) is 40.3 Å². The fourth-order valence-electron chi connectivity index (χ4n) is 7.47. The largest absolute Gasteiger partial charge is 0.544 e. The number of carbonyl (C=O) groups excluding carboxylic acids is 3. The summed E-state index contributed by atoms with van der Waals surface area (Å²) < 4.78 is 17.2. The Balaban J connectivity index is 4.33. The van der Waals surface area contributed by atoms with Crippen LogP contribution in [-0.4, -0.2) is 75.5 Å². The molecule has 0 aromatic carbocycles.